The number of aromatic nitrogens is 1. The zero-order chi connectivity index (χ0) is 12.1. The second kappa shape index (κ2) is 5.36. The average molecular weight is 235 g/mol. The minimum absolute atomic E-state index is 0.142. The first-order chi connectivity index (χ1) is 8.22. The van der Waals surface area contributed by atoms with E-state index in [2.05, 4.69) is 22.5 Å². The number of ether oxygens (including phenoxy) is 1. The summed E-state index contributed by atoms with van der Waals surface area (Å²) in [5, 5.41) is 6.90. The lowest BCUT2D eigenvalue weighted by molar-refractivity contribution is 0.326. The van der Waals surface area contributed by atoms with Gasteiger partial charge >= 0.3 is 0 Å². The van der Waals surface area contributed by atoms with Gasteiger partial charge in [-0.15, -0.1) is 0 Å². The molecule has 0 bridgehead atoms. The van der Waals surface area contributed by atoms with Crippen LogP contribution in [0.15, 0.2) is 18.2 Å². The molecule has 1 aromatic heterocycles. The number of hydrogen-bond donors (Lipinski definition) is 2. The zero-order valence-electron chi connectivity index (χ0n) is 10.6. The zero-order valence-corrected chi connectivity index (χ0v) is 10.6. The molecule has 17 heavy (non-hydrogen) atoms. The minimum Gasteiger partial charge on any atom is -0.478 e. The summed E-state index contributed by atoms with van der Waals surface area (Å²) in [6.07, 6.45) is 2.24. The van der Waals surface area contributed by atoms with Gasteiger partial charge in [0.15, 0.2) is 0 Å². The van der Waals surface area contributed by atoms with Crippen molar-refractivity contribution in [1.29, 1.82) is 0 Å². The maximum atomic E-state index is 5.41. The van der Waals surface area contributed by atoms with Crippen molar-refractivity contribution in [1.82, 2.24) is 10.3 Å². The Bertz CT molecular complexity index is 361. The molecule has 0 unspecified atom stereocenters. The molecule has 0 aromatic carbocycles. The van der Waals surface area contributed by atoms with Crippen molar-refractivity contribution in [3.05, 3.63) is 18.2 Å². The van der Waals surface area contributed by atoms with Crippen LogP contribution in [0.3, 0.4) is 0 Å². The molecular formula is C13H21N3O. The van der Waals surface area contributed by atoms with Crippen molar-refractivity contribution in [2.75, 3.05) is 25.0 Å². The van der Waals surface area contributed by atoms with Crippen LogP contribution in [0, 0.1) is 0 Å². The van der Waals surface area contributed by atoms with Gasteiger partial charge in [-0.05, 0) is 45.8 Å². The molecule has 94 valence electrons. The molecule has 2 N–H and O–H groups in total. The molecule has 0 atom stereocenters. The van der Waals surface area contributed by atoms with E-state index >= 15 is 0 Å². The highest BCUT2D eigenvalue weighted by Gasteiger charge is 2.26. The van der Waals surface area contributed by atoms with E-state index in [-0.39, 0.29) is 5.54 Å². The summed E-state index contributed by atoms with van der Waals surface area (Å²) in [7, 11) is 0. The third kappa shape index (κ3) is 3.33. The summed E-state index contributed by atoms with van der Waals surface area (Å²) in [6, 6.07) is 5.86. The summed E-state index contributed by atoms with van der Waals surface area (Å²) >= 11 is 0. The average Bonchev–Trinajstić information content (AvgIpc) is 2.30. The van der Waals surface area contributed by atoms with Gasteiger partial charge in [0.2, 0.25) is 5.88 Å². The van der Waals surface area contributed by atoms with Gasteiger partial charge in [0, 0.05) is 11.6 Å². The number of nitrogens with zero attached hydrogens (tertiary/aromatic N) is 1. The lowest BCUT2D eigenvalue weighted by Gasteiger charge is -2.35. The number of hydrogen-bond acceptors (Lipinski definition) is 4. The molecule has 4 nitrogen and oxygen atoms in total. The normalized spacial score (nSPS) is 18.7. The van der Waals surface area contributed by atoms with Crippen LogP contribution in [0.5, 0.6) is 5.88 Å². The maximum absolute atomic E-state index is 5.41. The number of pyridine rings is 1. The lowest BCUT2D eigenvalue weighted by atomic mass is 9.91. The Labute approximate surface area is 103 Å². The number of nitrogens with one attached hydrogen (secondary N) is 2. The molecule has 0 aliphatic carbocycles. The van der Waals surface area contributed by atoms with E-state index < -0.39 is 0 Å². The fourth-order valence-electron chi connectivity index (χ4n) is 2.13. The van der Waals surface area contributed by atoms with Crippen LogP contribution in [0.2, 0.25) is 0 Å². The molecule has 1 saturated heterocycles. The Morgan fingerprint density at radius 3 is 2.88 bits per heavy atom. The first-order valence-corrected chi connectivity index (χ1v) is 6.31. The molecular weight excluding hydrogens is 214 g/mol. The van der Waals surface area contributed by atoms with Crippen LogP contribution < -0.4 is 15.4 Å². The van der Waals surface area contributed by atoms with E-state index in [1.165, 1.54) is 0 Å². The molecule has 4 heteroatoms. The maximum Gasteiger partial charge on any atom is 0.215 e. The van der Waals surface area contributed by atoms with Crippen molar-refractivity contribution in [2.24, 2.45) is 0 Å². The van der Waals surface area contributed by atoms with Crippen molar-refractivity contribution < 1.29 is 4.74 Å². The van der Waals surface area contributed by atoms with Gasteiger partial charge in [0.05, 0.1) is 6.61 Å². The molecule has 0 spiro atoms. The van der Waals surface area contributed by atoms with Crippen molar-refractivity contribution >= 4 is 5.82 Å². The Morgan fingerprint density at radius 1 is 1.41 bits per heavy atom. The van der Waals surface area contributed by atoms with Crippen molar-refractivity contribution in [3.63, 3.8) is 0 Å². The summed E-state index contributed by atoms with van der Waals surface area (Å²) in [5.41, 5.74) is 0.142. The van der Waals surface area contributed by atoms with Crippen LogP contribution in [0.4, 0.5) is 5.82 Å². The highest BCUT2D eigenvalue weighted by atomic mass is 16.5. The van der Waals surface area contributed by atoms with E-state index in [0.29, 0.717) is 12.5 Å². The minimum atomic E-state index is 0.142. The summed E-state index contributed by atoms with van der Waals surface area (Å²) in [5.74, 6) is 1.59. The second-order valence-electron chi connectivity index (χ2n) is 4.73. The van der Waals surface area contributed by atoms with Crippen molar-refractivity contribution in [3.8, 4) is 5.88 Å². The van der Waals surface area contributed by atoms with Crippen LogP contribution in [0.25, 0.3) is 0 Å². The van der Waals surface area contributed by atoms with E-state index in [1.807, 2.05) is 25.1 Å². The molecule has 0 saturated carbocycles. The van der Waals surface area contributed by atoms with Crippen LogP contribution in [-0.2, 0) is 0 Å². The molecule has 1 aliphatic heterocycles. The molecule has 0 radical (unpaired) electrons. The predicted octanol–water partition coefficient (Wildman–Crippen LogP) is 2.03. The number of rotatable bonds is 4. The lowest BCUT2D eigenvalue weighted by Crippen LogP contribution is -2.45. The highest BCUT2D eigenvalue weighted by Crippen LogP contribution is 2.23. The van der Waals surface area contributed by atoms with Crippen molar-refractivity contribution in [2.45, 2.75) is 32.2 Å². The molecule has 2 heterocycles. The Hall–Kier alpha value is -1.29. The molecule has 1 aliphatic rings. The number of piperidine rings is 1. The quantitative estimate of drug-likeness (QED) is 0.838. The second-order valence-corrected chi connectivity index (χ2v) is 4.73. The van der Waals surface area contributed by atoms with Gasteiger partial charge in [0.1, 0.15) is 5.82 Å². The monoisotopic (exact) mass is 235 g/mol. The number of anilines is 1. The molecule has 1 fully saturated rings. The van der Waals surface area contributed by atoms with E-state index in [9.17, 15) is 0 Å². The topological polar surface area (TPSA) is 46.2 Å². The standard InChI is InChI=1S/C13H21N3O/c1-3-17-12-6-4-5-11(15-12)16-13(2)7-9-14-10-8-13/h4-6,14H,3,7-10H2,1-2H3,(H,15,16). The van der Waals surface area contributed by atoms with Crippen LogP contribution in [0.1, 0.15) is 26.7 Å². The third-order valence-electron chi connectivity index (χ3n) is 3.15. The van der Waals surface area contributed by atoms with Crippen LogP contribution in [-0.4, -0.2) is 30.2 Å². The first kappa shape index (κ1) is 12.2. The van der Waals surface area contributed by atoms with E-state index in [1.54, 1.807) is 0 Å². The Kier molecular flexibility index (Phi) is 3.84. The smallest absolute Gasteiger partial charge is 0.215 e. The summed E-state index contributed by atoms with van der Waals surface area (Å²) < 4.78 is 5.41. The fourth-order valence-corrected chi connectivity index (χ4v) is 2.13. The predicted molar refractivity (Wildman–Crippen MR) is 69.5 cm³/mol. The van der Waals surface area contributed by atoms with Gasteiger partial charge in [-0.25, -0.2) is 0 Å². The summed E-state index contributed by atoms with van der Waals surface area (Å²) in [6.45, 7) is 7.00. The van der Waals surface area contributed by atoms with E-state index in [0.717, 1.165) is 31.7 Å². The molecule has 2 rings (SSSR count). The van der Waals surface area contributed by atoms with Gasteiger partial charge < -0.3 is 15.4 Å². The largest absolute Gasteiger partial charge is 0.478 e. The Balaban J connectivity index is 2.04. The van der Waals surface area contributed by atoms with Gasteiger partial charge in [-0.3, -0.25) is 0 Å². The summed E-state index contributed by atoms with van der Waals surface area (Å²) in [4.78, 5) is 4.45. The van der Waals surface area contributed by atoms with E-state index in [4.69, 9.17) is 4.74 Å². The highest BCUT2D eigenvalue weighted by molar-refractivity contribution is 5.40. The van der Waals surface area contributed by atoms with Gasteiger partial charge in [-0.1, -0.05) is 6.07 Å². The SMILES string of the molecule is CCOc1cccc(NC2(C)CCNCC2)n1. The molecule has 1 aromatic rings. The molecule has 0 amide bonds. The Morgan fingerprint density at radius 2 is 2.18 bits per heavy atom. The van der Waals surface area contributed by atoms with Gasteiger partial charge in [0.25, 0.3) is 0 Å². The third-order valence-corrected chi connectivity index (χ3v) is 3.15. The fraction of sp³-hybridized carbons (Fsp3) is 0.615. The van der Waals surface area contributed by atoms with Gasteiger partial charge in [-0.2, -0.15) is 4.98 Å². The van der Waals surface area contributed by atoms with Crippen LogP contribution >= 0.6 is 0 Å². The first-order valence-electron chi connectivity index (χ1n) is 6.31.